The normalized spacial score (nSPS) is 10.2. The van der Waals surface area contributed by atoms with Crippen LogP contribution in [0, 0.1) is 11.5 Å². The van der Waals surface area contributed by atoms with E-state index in [-0.39, 0.29) is 5.91 Å². The molecule has 0 aliphatic heterocycles. The fourth-order valence-corrected chi connectivity index (χ4v) is 1.93. The lowest BCUT2D eigenvalue weighted by Gasteiger charge is -2.03. The molecule has 18 heavy (non-hydrogen) atoms. The fraction of sp³-hybridized carbons (Fsp3) is 0.231. The first-order valence-electron chi connectivity index (χ1n) is 5.52. The van der Waals surface area contributed by atoms with Crippen LogP contribution in [-0.4, -0.2) is 16.4 Å². The molecule has 4 nitrogen and oxygen atoms in total. The molecular weight excluding hydrogens is 252 g/mol. The van der Waals surface area contributed by atoms with Crippen LogP contribution in [0.4, 0.5) is 0 Å². The van der Waals surface area contributed by atoms with E-state index in [2.05, 4.69) is 0 Å². The molecule has 1 heterocycles. The van der Waals surface area contributed by atoms with Gasteiger partial charge in [-0.05, 0) is 30.7 Å². The Kier molecular flexibility index (Phi) is 3.85. The number of alkyl halides is 1. The van der Waals surface area contributed by atoms with Gasteiger partial charge in [0, 0.05) is 23.9 Å². The molecule has 1 aromatic heterocycles. The van der Waals surface area contributed by atoms with E-state index < -0.39 is 0 Å². The number of carbonyl (C=O) groups excluding carboxylic acids is 1. The molecule has 92 valence electrons. The summed E-state index contributed by atoms with van der Waals surface area (Å²) < 4.78 is 6.34. The number of nitrogens with zero attached hydrogens (tertiary/aromatic N) is 2. The van der Waals surface area contributed by atoms with E-state index in [0.717, 1.165) is 10.9 Å². The number of ether oxygens (including phenoxy) is 1. The Labute approximate surface area is 109 Å². The molecule has 0 fully saturated rings. The van der Waals surface area contributed by atoms with Crippen LogP contribution in [0.1, 0.15) is 17.6 Å². The summed E-state index contributed by atoms with van der Waals surface area (Å²) in [6.45, 7) is 0. The Bertz CT molecular complexity index is 613. The van der Waals surface area contributed by atoms with E-state index in [0.29, 0.717) is 24.5 Å². The predicted octanol–water partition coefficient (Wildman–Crippen LogP) is 3.16. The molecule has 2 rings (SSSR count). The number of carbonyl (C=O) groups is 1. The van der Waals surface area contributed by atoms with Gasteiger partial charge in [0.1, 0.15) is 5.75 Å². The average molecular weight is 263 g/mol. The zero-order valence-electron chi connectivity index (χ0n) is 9.60. The van der Waals surface area contributed by atoms with Gasteiger partial charge < -0.3 is 4.74 Å². The summed E-state index contributed by atoms with van der Waals surface area (Å²) in [5, 5.41) is 9.30. The molecular formula is C13H11ClN2O2. The van der Waals surface area contributed by atoms with E-state index in [1.54, 1.807) is 35.2 Å². The highest BCUT2D eigenvalue weighted by molar-refractivity contribution is 6.17. The first kappa shape index (κ1) is 12.5. The number of nitriles is 1. The summed E-state index contributed by atoms with van der Waals surface area (Å²) in [5.41, 5.74) is 0.805. The van der Waals surface area contributed by atoms with Crippen molar-refractivity contribution >= 4 is 28.4 Å². The minimum atomic E-state index is 0.0135. The number of hydrogen-bond acceptors (Lipinski definition) is 3. The van der Waals surface area contributed by atoms with Crippen molar-refractivity contribution in [3.8, 4) is 12.0 Å². The van der Waals surface area contributed by atoms with Gasteiger partial charge in [0.05, 0.1) is 5.52 Å². The lowest BCUT2D eigenvalue weighted by atomic mass is 10.2. The van der Waals surface area contributed by atoms with Crippen LogP contribution in [0.5, 0.6) is 5.75 Å². The first-order chi connectivity index (χ1) is 8.76. The van der Waals surface area contributed by atoms with Gasteiger partial charge in [0.2, 0.25) is 5.91 Å². The molecule has 0 aliphatic rings. The maximum Gasteiger partial charge on any atom is 0.292 e. The smallest absolute Gasteiger partial charge is 0.292 e. The van der Waals surface area contributed by atoms with E-state index in [4.69, 9.17) is 21.6 Å². The number of aromatic nitrogens is 1. The molecule has 2 aromatic rings. The van der Waals surface area contributed by atoms with Gasteiger partial charge in [-0.25, -0.2) is 0 Å². The van der Waals surface area contributed by atoms with Crippen LogP contribution in [0.3, 0.4) is 0 Å². The van der Waals surface area contributed by atoms with Crippen molar-refractivity contribution in [3.63, 3.8) is 0 Å². The topological polar surface area (TPSA) is 55.0 Å². The Hall–Kier alpha value is -1.99. The van der Waals surface area contributed by atoms with Crippen molar-refractivity contribution in [1.82, 2.24) is 4.57 Å². The van der Waals surface area contributed by atoms with Crippen molar-refractivity contribution in [3.05, 3.63) is 30.5 Å². The highest BCUT2D eigenvalue weighted by atomic mass is 35.5. The van der Waals surface area contributed by atoms with Gasteiger partial charge in [-0.15, -0.1) is 16.9 Å². The third kappa shape index (κ3) is 2.47. The summed E-state index contributed by atoms with van der Waals surface area (Å²) in [4.78, 5) is 11.9. The third-order valence-corrected chi connectivity index (χ3v) is 2.89. The molecule has 0 spiro atoms. The second-order valence-corrected chi connectivity index (χ2v) is 4.16. The average Bonchev–Trinajstić information content (AvgIpc) is 2.79. The van der Waals surface area contributed by atoms with Gasteiger partial charge >= 0.3 is 0 Å². The standard InChI is InChI=1S/C13H11ClN2O2/c14-6-1-2-13(17)16-7-5-10-8-11(18-9-15)3-4-12(10)16/h3-5,7-8H,1-2,6H2. The van der Waals surface area contributed by atoms with Crippen molar-refractivity contribution in [2.24, 2.45) is 0 Å². The minimum Gasteiger partial charge on any atom is -0.388 e. The van der Waals surface area contributed by atoms with Gasteiger partial charge in [-0.3, -0.25) is 9.36 Å². The zero-order chi connectivity index (χ0) is 13.0. The number of halogens is 1. The maximum absolute atomic E-state index is 11.9. The van der Waals surface area contributed by atoms with Crippen molar-refractivity contribution < 1.29 is 9.53 Å². The quantitative estimate of drug-likeness (QED) is 0.628. The highest BCUT2D eigenvalue weighted by Gasteiger charge is 2.09. The van der Waals surface area contributed by atoms with E-state index in [1.807, 2.05) is 6.07 Å². The van der Waals surface area contributed by atoms with E-state index in [1.165, 1.54) is 0 Å². The second kappa shape index (κ2) is 5.56. The molecule has 5 heteroatoms. The minimum absolute atomic E-state index is 0.0135. The molecule has 0 atom stereocenters. The van der Waals surface area contributed by atoms with Gasteiger partial charge in [0.15, 0.2) is 0 Å². The lowest BCUT2D eigenvalue weighted by molar-refractivity contribution is 0.0907. The summed E-state index contributed by atoms with van der Waals surface area (Å²) in [5.74, 6) is 0.959. The van der Waals surface area contributed by atoms with Crippen LogP contribution in [0.2, 0.25) is 0 Å². The molecule has 0 amide bonds. The van der Waals surface area contributed by atoms with E-state index in [9.17, 15) is 4.79 Å². The van der Waals surface area contributed by atoms with Gasteiger partial charge in [-0.2, -0.15) is 0 Å². The Morgan fingerprint density at radius 2 is 2.28 bits per heavy atom. The maximum atomic E-state index is 11.9. The van der Waals surface area contributed by atoms with Crippen molar-refractivity contribution in [2.75, 3.05) is 5.88 Å². The zero-order valence-corrected chi connectivity index (χ0v) is 10.4. The Morgan fingerprint density at radius 1 is 1.44 bits per heavy atom. The number of hydrogen-bond donors (Lipinski definition) is 0. The van der Waals surface area contributed by atoms with Crippen molar-refractivity contribution in [2.45, 2.75) is 12.8 Å². The molecule has 1 aromatic carbocycles. The summed E-state index contributed by atoms with van der Waals surface area (Å²) >= 11 is 5.57. The summed E-state index contributed by atoms with van der Waals surface area (Å²) in [6, 6.07) is 6.97. The summed E-state index contributed by atoms with van der Waals surface area (Å²) in [6.07, 6.45) is 4.42. The molecule has 0 bridgehead atoms. The largest absolute Gasteiger partial charge is 0.388 e. The number of rotatable bonds is 4. The van der Waals surface area contributed by atoms with Crippen LogP contribution in [0.25, 0.3) is 10.9 Å². The predicted molar refractivity (Wildman–Crippen MR) is 68.8 cm³/mol. The second-order valence-electron chi connectivity index (χ2n) is 3.79. The van der Waals surface area contributed by atoms with Gasteiger partial charge in [0.25, 0.3) is 6.26 Å². The van der Waals surface area contributed by atoms with Crippen LogP contribution in [-0.2, 0) is 0 Å². The molecule has 0 saturated carbocycles. The summed E-state index contributed by atoms with van der Waals surface area (Å²) in [7, 11) is 0. The SMILES string of the molecule is N#COc1ccc2c(ccn2C(=O)CCCCl)c1. The number of benzene rings is 1. The lowest BCUT2D eigenvalue weighted by Crippen LogP contribution is -2.08. The fourth-order valence-electron chi connectivity index (χ4n) is 1.79. The first-order valence-corrected chi connectivity index (χ1v) is 6.06. The Balaban J connectivity index is 2.31. The molecule has 0 saturated heterocycles. The monoisotopic (exact) mass is 262 g/mol. The highest BCUT2D eigenvalue weighted by Crippen LogP contribution is 2.22. The van der Waals surface area contributed by atoms with Crippen molar-refractivity contribution in [1.29, 1.82) is 5.26 Å². The van der Waals surface area contributed by atoms with Crippen LogP contribution < -0.4 is 4.74 Å². The molecule has 0 aliphatic carbocycles. The molecule has 0 unspecified atom stereocenters. The van der Waals surface area contributed by atoms with Crippen LogP contribution >= 0.6 is 11.6 Å². The number of fused-ring (bicyclic) bond motifs is 1. The Morgan fingerprint density at radius 3 is 3.00 bits per heavy atom. The molecule has 0 N–H and O–H groups in total. The third-order valence-electron chi connectivity index (χ3n) is 2.62. The van der Waals surface area contributed by atoms with Crippen LogP contribution in [0.15, 0.2) is 30.5 Å². The van der Waals surface area contributed by atoms with E-state index >= 15 is 0 Å². The molecule has 0 radical (unpaired) electrons. The van der Waals surface area contributed by atoms with Gasteiger partial charge in [-0.1, -0.05) is 0 Å².